The van der Waals surface area contributed by atoms with Crippen LogP contribution in [0.4, 0.5) is 0 Å². The molecule has 0 aromatic rings. The van der Waals surface area contributed by atoms with Crippen LogP contribution in [0.25, 0.3) is 0 Å². The normalized spacial score (nSPS) is 22.7. The summed E-state index contributed by atoms with van der Waals surface area (Å²) < 4.78 is 5.27. The number of alkyl halides is 1. The van der Waals surface area contributed by atoms with Crippen LogP contribution in [0.2, 0.25) is 0 Å². The molecule has 1 saturated carbocycles. The fourth-order valence-corrected chi connectivity index (χ4v) is 2.75. The predicted octanol–water partition coefficient (Wildman–Crippen LogP) is 2.96. The molecule has 4 heteroatoms. The number of hydrogen-bond acceptors (Lipinski definition) is 2. The highest BCUT2D eigenvalue weighted by Crippen LogP contribution is 2.40. The third kappa shape index (κ3) is 5.15. The van der Waals surface area contributed by atoms with Crippen LogP contribution in [0.5, 0.6) is 0 Å². The minimum atomic E-state index is 0.150. The largest absolute Gasteiger partial charge is 0.380 e. The lowest BCUT2D eigenvalue weighted by molar-refractivity contribution is -0.130. The maximum atomic E-state index is 12.1. The van der Waals surface area contributed by atoms with Crippen molar-refractivity contribution in [3.63, 3.8) is 0 Å². The van der Waals surface area contributed by atoms with Crippen molar-refractivity contribution in [1.82, 2.24) is 5.32 Å². The zero-order valence-corrected chi connectivity index (χ0v) is 12.4. The average molecular weight is 276 g/mol. The summed E-state index contributed by atoms with van der Waals surface area (Å²) in [5, 5.41) is 3.03. The molecule has 0 spiro atoms. The Balaban J connectivity index is 2.19. The molecule has 0 bridgehead atoms. The first kappa shape index (κ1) is 15.8. The molecule has 1 fully saturated rings. The van der Waals surface area contributed by atoms with Gasteiger partial charge in [-0.3, -0.25) is 4.79 Å². The van der Waals surface area contributed by atoms with E-state index in [1.54, 1.807) is 0 Å². The van der Waals surface area contributed by atoms with Gasteiger partial charge in [0.05, 0.1) is 6.61 Å². The minimum absolute atomic E-state index is 0.150. The van der Waals surface area contributed by atoms with Crippen LogP contribution in [0.15, 0.2) is 0 Å². The van der Waals surface area contributed by atoms with Crippen LogP contribution in [0.1, 0.15) is 46.0 Å². The van der Waals surface area contributed by atoms with Gasteiger partial charge in [0.1, 0.15) is 0 Å². The van der Waals surface area contributed by atoms with Crippen molar-refractivity contribution in [2.45, 2.75) is 46.0 Å². The van der Waals surface area contributed by atoms with Crippen molar-refractivity contribution in [3.8, 4) is 0 Å². The number of hydrogen-bond donors (Lipinski definition) is 1. The van der Waals surface area contributed by atoms with Crippen LogP contribution in [-0.4, -0.2) is 31.5 Å². The Hall–Kier alpha value is -0.280. The molecule has 1 unspecified atom stereocenters. The smallest absolute Gasteiger partial charge is 0.223 e. The highest BCUT2D eigenvalue weighted by atomic mass is 35.5. The lowest BCUT2D eigenvalue weighted by Crippen LogP contribution is -2.41. The Morgan fingerprint density at radius 1 is 1.39 bits per heavy atom. The first-order valence-electron chi connectivity index (χ1n) is 6.99. The van der Waals surface area contributed by atoms with Crippen LogP contribution in [0, 0.1) is 11.3 Å². The topological polar surface area (TPSA) is 38.3 Å². The van der Waals surface area contributed by atoms with E-state index in [4.69, 9.17) is 16.3 Å². The van der Waals surface area contributed by atoms with E-state index in [9.17, 15) is 4.79 Å². The third-order valence-corrected chi connectivity index (χ3v) is 3.96. The molecule has 1 aliphatic carbocycles. The summed E-state index contributed by atoms with van der Waals surface area (Å²) in [6.45, 7) is 6.37. The predicted molar refractivity (Wildman–Crippen MR) is 74.9 cm³/mol. The molecule has 0 saturated heterocycles. The summed E-state index contributed by atoms with van der Waals surface area (Å²) in [5.41, 5.74) is 0.150. The standard InChI is InChI=1S/C14H26ClNO2/c1-14(2)7-4-3-6-12(14)13(17)16-9-5-10-18-11-8-15/h12H,3-11H2,1-2H3,(H,16,17). The Morgan fingerprint density at radius 2 is 2.17 bits per heavy atom. The highest BCUT2D eigenvalue weighted by Gasteiger charge is 2.36. The first-order chi connectivity index (χ1) is 8.58. The lowest BCUT2D eigenvalue weighted by Gasteiger charge is -2.37. The molecule has 0 aromatic carbocycles. The number of halogens is 1. The highest BCUT2D eigenvalue weighted by molar-refractivity contribution is 6.17. The molecule has 1 aliphatic rings. The fourth-order valence-electron chi connectivity index (χ4n) is 2.65. The average Bonchev–Trinajstić information content (AvgIpc) is 2.32. The number of rotatable bonds is 7. The Bertz CT molecular complexity index is 256. The molecule has 3 nitrogen and oxygen atoms in total. The van der Waals surface area contributed by atoms with Gasteiger partial charge in [0, 0.05) is 24.9 Å². The van der Waals surface area contributed by atoms with Gasteiger partial charge >= 0.3 is 0 Å². The monoisotopic (exact) mass is 275 g/mol. The van der Waals surface area contributed by atoms with E-state index in [1.165, 1.54) is 12.8 Å². The Morgan fingerprint density at radius 3 is 2.83 bits per heavy atom. The summed E-state index contributed by atoms with van der Waals surface area (Å²) in [5.74, 6) is 0.926. The van der Waals surface area contributed by atoms with E-state index in [0.717, 1.165) is 19.3 Å². The second kappa shape index (κ2) is 8.00. The maximum absolute atomic E-state index is 12.1. The molecule has 0 heterocycles. The van der Waals surface area contributed by atoms with Crippen molar-refractivity contribution in [2.24, 2.45) is 11.3 Å². The van der Waals surface area contributed by atoms with E-state index in [2.05, 4.69) is 19.2 Å². The Kier molecular flexibility index (Phi) is 7.02. The molecule has 0 radical (unpaired) electrons. The molecule has 1 N–H and O–H groups in total. The molecule has 18 heavy (non-hydrogen) atoms. The van der Waals surface area contributed by atoms with Crippen LogP contribution in [0.3, 0.4) is 0 Å². The van der Waals surface area contributed by atoms with Crippen molar-refractivity contribution in [3.05, 3.63) is 0 Å². The molecular formula is C14H26ClNO2. The van der Waals surface area contributed by atoms with Crippen molar-refractivity contribution in [1.29, 1.82) is 0 Å². The second-order valence-corrected chi connectivity index (χ2v) is 6.11. The van der Waals surface area contributed by atoms with Crippen LogP contribution >= 0.6 is 11.6 Å². The summed E-state index contributed by atoms with van der Waals surface area (Å²) in [6, 6.07) is 0. The molecular weight excluding hydrogens is 250 g/mol. The summed E-state index contributed by atoms with van der Waals surface area (Å²) in [7, 11) is 0. The van der Waals surface area contributed by atoms with E-state index in [-0.39, 0.29) is 17.2 Å². The van der Waals surface area contributed by atoms with Gasteiger partial charge in [-0.1, -0.05) is 26.7 Å². The van der Waals surface area contributed by atoms with Gasteiger partial charge in [0.2, 0.25) is 5.91 Å². The number of nitrogens with one attached hydrogen (secondary N) is 1. The Labute approximate surface area is 116 Å². The quantitative estimate of drug-likeness (QED) is 0.573. The van der Waals surface area contributed by atoms with E-state index in [0.29, 0.717) is 25.6 Å². The van der Waals surface area contributed by atoms with Gasteiger partial charge in [-0.15, -0.1) is 11.6 Å². The zero-order chi connectivity index (χ0) is 13.4. The number of carbonyl (C=O) groups is 1. The SMILES string of the molecule is CC1(C)CCCCC1C(=O)NCCCOCCCl. The van der Waals surface area contributed by atoms with Crippen molar-refractivity contribution in [2.75, 3.05) is 25.6 Å². The lowest BCUT2D eigenvalue weighted by atomic mass is 9.68. The third-order valence-electron chi connectivity index (χ3n) is 3.81. The van der Waals surface area contributed by atoms with Crippen molar-refractivity contribution < 1.29 is 9.53 Å². The van der Waals surface area contributed by atoms with Gasteiger partial charge in [-0.2, -0.15) is 0 Å². The molecule has 1 rings (SSSR count). The summed E-state index contributed by atoms with van der Waals surface area (Å²) >= 11 is 5.50. The maximum Gasteiger partial charge on any atom is 0.223 e. The fraction of sp³-hybridized carbons (Fsp3) is 0.929. The second-order valence-electron chi connectivity index (χ2n) is 5.73. The van der Waals surface area contributed by atoms with Gasteiger partial charge in [-0.25, -0.2) is 0 Å². The molecule has 1 atom stereocenters. The molecule has 106 valence electrons. The van der Waals surface area contributed by atoms with Gasteiger partial charge in [-0.05, 0) is 24.7 Å². The number of carbonyl (C=O) groups excluding carboxylic acids is 1. The zero-order valence-electron chi connectivity index (χ0n) is 11.6. The number of ether oxygens (including phenoxy) is 1. The van der Waals surface area contributed by atoms with E-state index < -0.39 is 0 Å². The van der Waals surface area contributed by atoms with Crippen LogP contribution in [-0.2, 0) is 9.53 Å². The summed E-state index contributed by atoms with van der Waals surface area (Å²) in [4.78, 5) is 12.1. The molecule has 1 amide bonds. The van der Waals surface area contributed by atoms with Gasteiger partial charge < -0.3 is 10.1 Å². The van der Waals surface area contributed by atoms with Gasteiger partial charge in [0.15, 0.2) is 0 Å². The first-order valence-corrected chi connectivity index (χ1v) is 7.53. The van der Waals surface area contributed by atoms with E-state index in [1.807, 2.05) is 0 Å². The number of amides is 1. The molecule has 0 aliphatic heterocycles. The summed E-state index contributed by atoms with van der Waals surface area (Å²) in [6.07, 6.45) is 5.48. The van der Waals surface area contributed by atoms with Gasteiger partial charge in [0.25, 0.3) is 0 Å². The molecule has 0 aromatic heterocycles. The van der Waals surface area contributed by atoms with Crippen LogP contribution < -0.4 is 5.32 Å². The van der Waals surface area contributed by atoms with Crippen molar-refractivity contribution >= 4 is 17.5 Å². The minimum Gasteiger partial charge on any atom is -0.380 e. The van der Waals surface area contributed by atoms with E-state index >= 15 is 0 Å².